The molecule has 26 heavy (non-hydrogen) atoms. The third kappa shape index (κ3) is 18.3. The van der Waals surface area contributed by atoms with Gasteiger partial charge in [-0.05, 0) is 16.1 Å². The highest BCUT2D eigenvalue weighted by atomic mass is 32.3. The van der Waals surface area contributed by atoms with E-state index in [0.717, 1.165) is 18.6 Å². The van der Waals surface area contributed by atoms with Gasteiger partial charge in [0.15, 0.2) is 6.16 Å². The molecule has 0 heterocycles. The van der Waals surface area contributed by atoms with Crippen LogP contribution in [0.3, 0.4) is 0 Å². The molecular weight excluding hydrogens is 422 g/mol. The van der Waals surface area contributed by atoms with Crippen molar-refractivity contribution in [2.75, 3.05) is 17.7 Å². The molecule has 0 bridgehead atoms. The zero-order chi connectivity index (χ0) is 19.9. The highest BCUT2D eigenvalue weighted by Gasteiger charge is 2.49. The Labute approximate surface area is 163 Å². The highest BCUT2D eigenvalue weighted by Crippen LogP contribution is 2.64. The highest BCUT2D eigenvalue weighted by molar-refractivity contribution is 7.99. The van der Waals surface area contributed by atoms with E-state index in [0.29, 0.717) is 5.75 Å². The van der Waals surface area contributed by atoms with Crippen molar-refractivity contribution >= 4 is 38.7 Å². The fourth-order valence-corrected chi connectivity index (χ4v) is 7.45. The van der Waals surface area contributed by atoms with Gasteiger partial charge in [0.05, 0.1) is 0 Å². The van der Waals surface area contributed by atoms with E-state index in [1.54, 1.807) is 0 Å². The van der Waals surface area contributed by atoms with E-state index >= 15 is 0 Å². The summed E-state index contributed by atoms with van der Waals surface area (Å²) >= 11 is 1.49. The summed E-state index contributed by atoms with van der Waals surface area (Å²) in [5, 5.41) is 0. The lowest BCUT2D eigenvalue weighted by molar-refractivity contribution is 0.292. The first-order valence-electron chi connectivity index (χ1n) is 8.93. The third-order valence-electron chi connectivity index (χ3n) is 3.57. The molecule has 0 saturated carbocycles. The van der Waals surface area contributed by atoms with Crippen molar-refractivity contribution in [1.29, 1.82) is 0 Å². The summed E-state index contributed by atoms with van der Waals surface area (Å²) in [7, 11) is -12.0. The van der Waals surface area contributed by atoms with Crippen molar-refractivity contribution in [2.45, 2.75) is 71.1 Å². The molecular formula is C14H33O8P2S2+. The summed E-state index contributed by atoms with van der Waals surface area (Å²) in [6, 6.07) is 0. The van der Waals surface area contributed by atoms with Crippen LogP contribution >= 0.6 is 28.3 Å². The minimum absolute atomic E-state index is 0.227. The molecule has 0 aliphatic carbocycles. The van der Waals surface area contributed by atoms with Gasteiger partial charge in [-0.15, -0.1) is 0 Å². The molecule has 0 aliphatic rings. The quantitative estimate of drug-likeness (QED) is 0.134. The van der Waals surface area contributed by atoms with Gasteiger partial charge in [-0.2, -0.15) is 25.1 Å². The summed E-state index contributed by atoms with van der Waals surface area (Å²) in [6.45, 7) is 2.21. The van der Waals surface area contributed by atoms with Gasteiger partial charge < -0.3 is 9.79 Å². The van der Waals surface area contributed by atoms with E-state index in [1.807, 2.05) is 0 Å². The van der Waals surface area contributed by atoms with Crippen molar-refractivity contribution in [1.82, 2.24) is 0 Å². The molecule has 0 radical (unpaired) electrons. The van der Waals surface area contributed by atoms with Crippen molar-refractivity contribution < 1.29 is 35.9 Å². The van der Waals surface area contributed by atoms with Crippen LogP contribution in [0.5, 0.6) is 0 Å². The Kier molecular flexibility index (Phi) is 16.4. The molecule has 1 atom stereocenters. The van der Waals surface area contributed by atoms with E-state index in [2.05, 4.69) is 15.2 Å². The summed E-state index contributed by atoms with van der Waals surface area (Å²) in [6.07, 6.45) is 12.2. The molecule has 0 amide bonds. The van der Waals surface area contributed by atoms with Crippen molar-refractivity contribution in [3.8, 4) is 0 Å². The summed E-state index contributed by atoms with van der Waals surface area (Å²) in [5.74, 6) is 1.16. The van der Waals surface area contributed by atoms with Gasteiger partial charge in [-0.25, -0.2) is 0 Å². The molecule has 1 unspecified atom stereocenters. The van der Waals surface area contributed by atoms with Gasteiger partial charge in [0.25, 0.3) is 0 Å². The minimum atomic E-state index is -4.94. The molecule has 158 valence electrons. The van der Waals surface area contributed by atoms with Gasteiger partial charge in [-0.1, -0.05) is 69.0 Å². The van der Waals surface area contributed by atoms with Crippen LogP contribution in [0.1, 0.15) is 71.1 Å². The molecule has 0 aromatic rings. The zero-order valence-corrected chi connectivity index (χ0v) is 18.7. The molecule has 8 nitrogen and oxygen atoms in total. The normalized spacial score (nSPS) is 14.7. The maximum atomic E-state index is 10.7. The Bertz CT molecular complexity index is 439. The van der Waals surface area contributed by atoms with Crippen molar-refractivity contribution in [2.24, 2.45) is 0 Å². The lowest BCUT2D eigenvalue weighted by Crippen LogP contribution is -2.12. The second kappa shape index (κ2) is 15.8. The molecule has 0 fully saturated rings. The fraction of sp³-hybridized carbons (Fsp3) is 1.00. The van der Waals surface area contributed by atoms with Gasteiger partial charge in [-0.3, -0.25) is 4.55 Å². The van der Waals surface area contributed by atoms with E-state index in [-0.39, 0.29) is 6.16 Å². The van der Waals surface area contributed by atoms with Gasteiger partial charge in [0, 0.05) is 5.75 Å². The number of hydrogen-bond donors (Lipinski definition) is 4. The van der Waals surface area contributed by atoms with Gasteiger partial charge in [0.2, 0.25) is 0 Å². The van der Waals surface area contributed by atoms with Crippen LogP contribution in [0.4, 0.5) is 0 Å². The minimum Gasteiger partial charge on any atom is -0.326 e. The number of thioether (sulfide) groups is 1. The standard InChI is InChI=1S/C14H32O8P2S2/c1-2-3-4-5-6-7-8-9-10-11-13-25-14-12-24(17,21-23(15)16)22-26(18,19)20/h15-17H,2-14H2,1H3/p+1. The second-order valence-electron chi connectivity index (χ2n) is 5.99. The monoisotopic (exact) mass is 455 g/mol. The van der Waals surface area contributed by atoms with E-state index in [9.17, 15) is 13.3 Å². The predicted octanol–water partition coefficient (Wildman–Crippen LogP) is 4.44. The summed E-state index contributed by atoms with van der Waals surface area (Å²) in [4.78, 5) is 27.5. The molecule has 4 N–H and O–H groups in total. The third-order valence-corrected chi connectivity index (χ3v) is 9.02. The lowest BCUT2D eigenvalue weighted by atomic mass is 10.1. The fourth-order valence-electron chi connectivity index (χ4n) is 2.33. The first-order valence-corrected chi connectivity index (χ1v) is 14.4. The molecule has 0 aromatic carbocycles. The number of unbranched alkanes of at least 4 members (excludes halogenated alkanes) is 9. The molecule has 0 rings (SSSR count). The SMILES string of the molecule is CCCCCCCCCCCCSCC[P+](O)(OP(O)O)OS(=O)(=O)O. The Balaban J connectivity index is 3.70. The van der Waals surface area contributed by atoms with E-state index < -0.39 is 26.9 Å². The van der Waals surface area contributed by atoms with Crippen LogP contribution in [-0.4, -0.2) is 45.3 Å². The predicted molar refractivity (Wildman–Crippen MR) is 108 cm³/mol. The zero-order valence-electron chi connectivity index (χ0n) is 15.3. The molecule has 0 saturated heterocycles. The van der Waals surface area contributed by atoms with Gasteiger partial charge in [0.1, 0.15) is 0 Å². The largest absolute Gasteiger partial charge is 0.441 e. The smallest absolute Gasteiger partial charge is 0.326 e. The first kappa shape index (κ1) is 26.9. The average molecular weight is 455 g/mol. The van der Waals surface area contributed by atoms with Crippen molar-refractivity contribution in [3.63, 3.8) is 0 Å². The van der Waals surface area contributed by atoms with Crippen LogP contribution in [-0.2, 0) is 18.7 Å². The van der Waals surface area contributed by atoms with Crippen LogP contribution < -0.4 is 0 Å². The van der Waals surface area contributed by atoms with Crippen LogP contribution in [0.2, 0.25) is 0 Å². The number of hydrogen-bond acceptors (Lipinski definition) is 8. The molecule has 0 spiro atoms. The topological polar surface area (TPSA) is 134 Å². The first-order chi connectivity index (χ1) is 12.2. The second-order valence-corrected chi connectivity index (χ2v) is 11.5. The Morgan fingerprint density at radius 3 is 1.88 bits per heavy atom. The molecule has 0 aromatic heterocycles. The van der Waals surface area contributed by atoms with E-state index in [4.69, 9.17) is 14.3 Å². The Morgan fingerprint density at radius 2 is 1.42 bits per heavy atom. The Morgan fingerprint density at radius 1 is 0.923 bits per heavy atom. The van der Waals surface area contributed by atoms with E-state index in [1.165, 1.54) is 63.1 Å². The molecule has 12 heteroatoms. The van der Waals surface area contributed by atoms with Crippen LogP contribution in [0.25, 0.3) is 0 Å². The maximum absolute atomic E-state index is 10.7. The number of rotatable bonds is 18. The average Bonchev–Trinajstić information content (AvgIpc) is 2.49. The maximum Gasteiger partial charge on any atom is 0.441 e. The molecule has 0 aliphatic heterocycles. The van der Waals surface area contributed by atoms with Crippen LogP contribution in [0, 0.1) is 0 Å². The van der Waals surface area contributed by atoms with Gasteiger partial charge >= 0.3 is 26.9 Å². The summed E-state index contributed by atoms with van der Waals surface area (Å²) in [5.41, 5.74) is 0. The summed E-state index contributed by atoms with van der Waals surface area (Å²) < 4.78 is 38.6. The Hall–Kier alpha value is 0.920. The van der Waals surface area contributed by atoms with Crippen molar-refractivity contribution in [3.05, 3.63) is 0 Å². The van der Waals surface area contributed by atoms with Crippen LogP contribution in [0.15, 0.2) is 0 Å². The lowest BCUT2D eigenvalue weighted by Gasteiger charge is -2.14.